The van der Waals surface area contributed by atoms with Crippen molar-refractivity contribution < 1.29 is 0 Å². The van der Waals surface area contributed by atoms with E-state index >= 15 is 0 Å². The highest BCUT2D eigenvalue weighted by atomic mass is 32.1. The Morgan fingerprint density at radius 2 is 2.00 bits per heavy atom. The van der Waals surface area contributed by atoms with Crippen LogP contribution in [0.3, 0.4) is 0 Å². The molecule has 2 aromatic heterocycles. The number of rotatable bonds is 1. The molecule has 17 heavy (non-hydrogen) atoms. The average Bonchev–Trinajstić information content (AvgIpc) is 2.71. The lowest BCUT2D eigenvalue weighted by molar-refractivity contribution is 0.869. The topological polar surface area (TPSA) is 67.8 Å². The molecule has 2 heterocycles. The lowest BCUT2D eigenvalue weighted by Crippen LogP contribution is -2.32. The van der Waals surface area contributed by atoms with E-state index < -0.39 is 5.69 Å². The molecule has 0 atom stereocenters. The van der Waals surface area contributed by atoms with Crippen molar-refractivity contribution in [3.63, 3.8) is 0 Å². The van der Waals surface area contributed by atoms with Crippen LogP contribution < -0.4 is 11.2 Å². The van der Waals surface area contributed by atoms with E-state index in [1.165, 1.54) is 23.6 Å². The third-order valence-electron chi connectivity index (χ3n) is 2.33. The van der Waals surface area contributed by atoms with E-state index in [1.54, 1.807) is 0 Å². The maximum absolute atomic E-state index is 11.6. The Morgan fingerprint density at radius 3 is 2.76 bits per heavy atom. The fraction of sp³-hybridized carbons (Fsp3) is 0. The number of hydrogen-bond donors (Lipinski definition) is 1. The maximum atomic E-state index is 11.6. The van der Waals surface area contributed by atoms with Gasteiger partial charge in [-0.25, -0.2) is 14.3 Å². The first kappa shape index (κ1) is 9.98. The zero-order valence-corrected chi connectivity index (χ0v) is 9.40. The number of fused-ring (bicyclic) bond motifs is 1. The molecule has 0 aliphatic carbocycles. The minimum Gasteiger partial charge on any atom is -0.314 e. The van der Waals surface area contributed by atoms with Gasteiger partial charge >= 0.3 is 5.69 Å². The number of aromatic nitrogens is 3. The quantitative estimate of drug-likeness (QED) is 0.699. The van der Waals surface area contributed by atoms with E-state index in [4.69, 9.17) is 0 Å². The van der Waals surface area contributed by atoms with Crippen LogP contribution in [-0.4, -0.2) is 14.5 Å². The molecule has 0 aliphatic rings. The van der Waals surface area contributed by atoms with Crippen molar-refractivity contribution in [3.8, 4) is 5.13 Å². The van der Waals surface area contributed by atoms with Crippen LogP contribution in [0.1, 0.15) is 0 Å². The van der Waals surface area contributed by atoms with Crippen molar-refractivity contribution in [2.24, 2.45) is 0 Å². The van der Waals surface area contributed by atoms with Gasteiger partial charge in [-0.15, -0.1) is 0 Å². The zero-order valence-electron chi connectivity index (χ0n) is 8.58. The number of thiazole rings is 1. The third kappa shape index (κ3) is 1.58. The van der Waals surface area contributed by atoms with Crippen molar-refractivity contribution in [2.75, 3.05) is 0 Å². The minimum absolute atomic E-state index is 0.382. The lowest BCUT2D eigenvalue weighted by Gasteiger charge is -1.96. The largest absolute Gasteiger partial charge is 0.334 e. The van der Waals surface area contributed by atoms with Crippen LogP contribution in [0.15, 0.2) is 46.1 Å². The standard InChI is InChI=1S/C11H7N3O2S/c15-9-5-6-12-10(16)14(9)11-13-7-3-1-2-4-8(7)17-11/h1-6H,(H,12,16). The Kier molecular flexibility index (Phi) is 2.15. The fourth-order valence-electron chi connectivity index (χ4n) is 1.56. The summed E-state index contributed by atoms with van der Waals surface area (Å²) in [6, 6.07) is 8.80. The van der Waals surface area contributed by atoms with Crippen LogP contribution in [0.25, 0.3) is 15.3 Å². The first-order valence-electron chi connectivity index (χ1n) is 4.92. The summed E-state index contributed by atoms with van der Waals surface area (Å²) < 4.78 is 1.97. The van der Waals surface area contributed by atoms with Crippen LogP contribution in [-0.2, 0) is 0 Å². The van der Waals surface area contributed by atoms with Gasteiger partial charge in [0.15, 0.2) is 0 Å². The van der Waals surface area contributed by atoms with Crippen molar-refractivity contribution in [2.45, 2.75) is 0 Å². The Labute approximate surface area is 99.0 Å². The molecular formula is C11H7N3O2S. The molecule has 0 radical (unpaired) electrons. The lowest BCUT2D eigenvalue weighted by atomic mass is 10.3. The molecule has 0 unspecified atom stereocenters. The number of aromatic amines is 1. The van der Waals surface area contributed by atoms with Crippen LogP contribution in [0, 0.1) is 0 Å². The normalized spacial score (nSPS) is 10.8. The molecule has 5 nitrogen and oxygen atoms in total. The van der Waals surface area contributed by atoms with E-state index in [2.05, 4.69) is 9.97 Å². The summed E-state index contributed by atoms with van der Waals surface area (Å²) in [5.41, 5.74) is -0.0768. The van der Waals surface area contributed by atoms with Crippen molar-refractivity contribution in [1.82, 2.24) is 14.5 Å². The molecule has 0 aliphatic heterocycles. The van der Waals surface area contributed by atoms with Gasteiger partial charge in [0.1, 0.15) is 0 Å². The second-order valence-corrected chi connectivity index (χ2v) is 4.43. The Balaban J connectivity index is 2.35. The molecule has 84 valence electrons. The van der Waals surface area contributed by atoms with Gasteiger partial charge in [0.2, 0.25) is 5.13 Å². The van der Waals surface area contributed by atoms with Crippen molar-refractivity contribution in [3.05, 3.63) is 57.4 Å². The Hall–Kier alpha value is -2.21. The molecule has 0 amide bonds. The summed E-state index contributed by atoms with van der Waals surface area (Å²) >= 11 is 1.31. The first-order chi connectivity index (χ1) is 8.25. The second-order valence-electron chi connectivity index (χ2n) is 3.42. The summed E-state index contributed by atoms with van der Waals surface area (Å²) in [5.74, 6) is 0. The molecule has 3 rings (SSSR count). The SMILES string of the molecule is O=c1cc[nH]c(=O)n1-c1nc2ccccc2s1. The summed E-state index contributed by atoms with van der Waals surface area (Å²) in [5, 5.41) is 0.387. The smallest absolute Gasteiger partial charge is 0.314 e. The molecule has 1 aromatic carbocycles. The highest BCUT2D eigenvalue weighted by Crippen LogP contribution is 2.22. The van der Waals surface area contributed by atoms with Gasteiger partial charge in [-0.3, -0.25) is 4.79 Å². The summed E-state index contributed by atoms with van der Waals surface area (Å²) in [7, 11) is 0. The van der Waals surface area contributed by atoms with Gasteiger partial charge in [-0.1, -0.05) is 23.5 Å². The molecule has 6 heteroatoms. The van der Waals surface area contributed by atoms with Crippen LogP contribution in [0.4, 0.5) is 0 Å². The fourth-order valence-corrected chi connectivity index (χ4v) is 2.53. The molecule has 0 saturated carbocycles. The summed E-state index contributed by atoms with van der Waals surface area (Å²) in [6.45, 7) is 0. The summed E-state index contributed by atoms with van der Waals surface area (Å²) in [4.78, 5) is 29.9. The molecular weight excluding hydrogens is 238 g/mol. The number of para-hydroxylation sites is 1. The van der Waals surface area contributed by atoms with Crippen molar-refractivity contribution in [1.29, 1.82) is 0 Å². The Morgan fingerprint density at radius 1 is 1.18 bits per heavy atom. The maximum Gasteiger partial charge on any atom is 0.334 e. The van der Waals surface area contributed by atoms with Crippen LogP contribution in [0.5, 0.6) is 0 Å². The number of nitrogens with one attached hydrogen (secondary N) is 1. The Bertz CT molecular complexity index is 739. The predicted octanol–water partition coefficient (Wildman–Crippen LogP) is 1.14. The van der Waals surface area contributed by atoms with E-state index in [9.17, 15) is 9.59 Å². The molecule has 0 spiro atoms. The van der Waals surface area contributed by atoms with E-state index in [1.807, 2.05) is 24.3 Å². The first-order valence-corrected chi connectivity index (χ1v) is 5.74. The second kappa shape index (κ2) is 3.67. The molecule has 1 N–H and O–H groups in total. The van der Waals surface area contributed by atoms with Gasteiger partial charge in [-0.2, -0.15) is 0 Å². The monoisotopic (exact) mass is 245 g/mol. The molecule has 0 bridgehead atoms. The van der Waals surface area contributed by atoms with Gasteiger partial charge in [0.05, 0.1) is 10.2 Å². The van der Waals surface area contributed by atoms with Gasteiger partial charge in [-0.05, 0) is 12.1 Å². The summed E-state index contributed by atoms with van der Waals surface area (Å²) in [6.07, 6.45) is 1.33. The number of nitrogens with zero attached hydrogens (tertiary/aromatic N) is 2. The molecule has 3 aromatic rings. The van der Waals surface area contributed by atoms with Gasteiger partial charge in [0.25, 0.3) is 5.56 Å². The number of benzene rings is 1. The molecule has 0 saturated heterocycles. The highest BCUT2D eigenvalue weighted by molar-refractivity contribution is 7.20. The number of H-pyrrole nitrogens is 1. The van der Waals surface area contributed by atoms with Gasteiger partial charge < -0.3 is 4.98 Å². The molecule has 0 fully saturated rings. The zero-order chi connectivity index (χ0) is 11.8. The predicted molar refractivity (Wildman–Crippen MR) is 65.8 cm³/mol. The van der Waals surface area contributed by atoms with Crippen LogP contribution in [0.2, 0.25) is 0 Å². The average molecular weight is 245 g/mol. The van der Waals surface area contributed by atoms with Crippen LogP contribution >= 0.6 is 11.3 Å². The minimum atomic E-state index is -0.475. The highest BCUT2D eigenvalue weighted by Gasteiger charge is 2.09. The number of hydrogen-bond acceptors (Lipinski definition) is 4. The third-order valence-corrected chi connectivity index (χ3v) is 3.35. The van der Waals surface area contributed by atoms with E-state index in [-0.39, 0.29) is 5.56 Å². The van der Waals surface area contributed by atoms with E-state index in [0.717, 1.165) is 14.8 Å². The van der Waals surface area contributed by atoms with Gasteiger partial charge in [0, 0.05) is 12.3 Å². The van der Waals surface area contributed by atoms with E-state index in [0.29, 0.717) is 5.13 Å². The van der Waals surface area contributed by atoms with Crippen molar-refractivity contribution >= 4 is 21.6 Å².